The number of carboxylic acids is 1. The zero-order chi connectivity index (χ0) is 17.2. The van der Waals surface area contributed by atoms with E-state index in [2.05, 4.69) is 5.32 Å². The number of hydrogen-bond donors (Lipinski definition) is 2. The van der Waals surface area contributed by atoms with Gasteiger partial charge in [0.1, 0.15) is 0 Å². The number of carboxylic acid groups (broad SMARTS) is 1. The van der Waals surface area contributed by atoms with Gasteiger partial charge in [-0.2, -0.15) is 0 Å². The second-order valence-electron chi connectivity index (χ2n) is 7.64. The number of nitrogens with one attached hydrogen (secondary N) is 1. The summed E-state index contributed by atoms with van der Waals surface area (Å²) >= 11 is 0. The summed E-state index contributed by atoms with van der Waals surface area (Å²) in [6, 6.07) is -0.146. The maximum absolute atomic E-state index is 12.6. The highest BCUT2D eigenvalue weighted by Gasteiger charge is 2.55. The van der Waals surface area contributed by atoms with Gasteiger partial charge in [-0.3, -0.25) is 4.79 Å². The molecular formula is C17H28N2O5. The Morgan fingerprint density at radius 1 is 1.33 bits per heavy atom. The average Bonchev–Trinajstić information content (AvgIpc) is 3.12. The average molecular weight is 340 g/mol. The number of carbonyl (C=O) groups is 2. The lowest BCUT2D eigenvalue weighted by Crippen LogP contribution is -2.48. The summed E-state index contributed by atoms with van der Waals surface area (Å²) in [6.07, 6.45) is 4.26. The third-order valence-corrected chi connectivity index (χ3v) is 6.20. The van der Waals surface area contributed by atoms with Crippen LogP contribution in [-0.2, 0) is 14.3 Å². The Labute approximate surface area is 142 Å². The molecule has 0 radical (unpaired) electrons. The number of ether oxygens (including phenoxy) is 2. The van der Waals surface area contributed by atoms with Gasteiger partial charge in [0.25, 0.3) is 0 Å². The first-order chi connectivity index (χ1) is 11.5. The Hall–Kier alpha value is -1.34. The molecule has 3 aliphatic rings. The maximum Gasteiger partial charge on any atom is 0.317 e. The highest BCUT2D eigenvalue weighted by molar-refractivity contribution is 5.80. The SMILES string of the molecule is COCC1(CNC(=O)N2C[C@@H]3CCC[C@@]3(C(=O)O)C2)CCOCC1. The van der Waals surface area contributed by atoms with Crippen LogP contribution in [-0.4, -0.2) is 68.6 Å². The van der Waals surface area contributed by atoms with Crippen molar-refractivity contribution in [3.63, 3.8) is 0 Å². The van der Waals surface area contributed by atoms with Crippen molar-refractivity contribution >= 4 is 12.0 Å². The minimum absolute atomic E-state index is 0.0806. The fourth-order valence-electron chi connectivity index (χ4n) is 4.65. The van der Waals surface area contributed by atoms with Crippen molar-refractivity contribution in [3.8, 4) is 0 Å². The first-order valence-electron chi connectivity index (χ1n) is 8.84. The second kappa shape index (κ2) is 6.88. The molecule has 0 aromatic carbocycles. The predicted octanol–water partition coefficient (Wildman–Crippen LogP) is 1.33. The number of amides is 2. The van der Waals surface area contributed by atoms with E-state index in [4.69, 9.17) is 9.47 Å². The predicted molar refractivity (Wildman–Crippen MR) is 86.7 cm³/mol. The van der Waals surface area contributed by atoms with Crippen molar-refractivity contribution in [3.05, 3.63) is 0 Å². The summed E-state index contributed by atoms with van der Waals surface area (Å²) in [6.45, 7) is 3.40. The van der Waals surface area contributed by atoms with Gasteiger partial charge in [0.2, 0.25) is 0 Å². The van der Waals surface area contributed by atoms with Crippen LogP contribution >= 0.6 is 0 Å². The molecule has 0 aromatic heterocycles. The highest BCUT2D eigenvalue weighted by atomic mass is 16.5. The smallest absolute Gasteiger partial charge is 0.317 e. The number of rotatable bonds is 5. The minimum Gasteiger partial charge on any atom is -0.481 e. The summed E-state index contributed by atoms with van der Waals surface area (Å²) in [5.74, 6) is -0.655. The number of nitrogens with zero attached hydrogens (tertiary/aromatic N) is 1. The summed E-state index contributed by atoms with van der Waals surface area (Å²) in [7, 11) is 1.68. The van der Waals surface area contributed by atoms with Crippen LogP contribution < -0.4 is 5.32 Å². The molecule has 136 valence electrons. The molecule has 0 unspecified atom stereocenters. The number of methoxy groups -OCH3 is 1. The van der Waals surface area contributed by atoms with Gasteiger partial charge < -0.3 is 24.8 Å². The van der Waals surface area contributed by atoms with Crippen molar-refractivity contribution in [2.24, 2.45) is 16.7 Å². The molecule has 0 bridgehead atoms. The van der Waals surface area contributed by atoms with Crippen LogP contribution in [0, 0.1) is 16.7 Å². The van der Waals surface area contributed by atoms with Crippen molar-refractivity contribution in [1.29, 1.82) is 0 Å². The van der Waals surface area contributed by atoms with Gasteiger partial charge in [-0.15, -0.1) is 0 Å². The molecule has 0 spiro atoms. The van der Waals surface area contributed by atoms with E-state index < -0.39 is 11.4 Å². The van der Waals surface area contributed by atoms with Crippen LogP contribution in [0.2, 0.25) is 0 Å². The lowest BCUT2D eigenvalue weighted by molar-refractivity contribution is -0.149. The van der Waals surface area contributed by atoms with Crippen molar-refractivity contribution < 1.29 is 24.2 Å². The standard InChI is InChI=1S/C17H28N2O5/c1-23-12-16(5-7-24-8-6-16)10-18-15(22)19-9-13-3-2-4-17(13,11-19)14(20)21/h13H,2-12H2,1H3,(H,18,22)(H,20,21)/t13-,17+/m0/s1. The lowest BCUT2D eigenvalue weighted by Gasteiger charge is -2.37. The Morgan fingerprint density at radius 2 is 2.08 bits per heavy atom. The Morgan fingerprint density at radius 3 is 2.71 bits per heavy atom. The monoisotopic (exact) mass is 340 g/mol. The third kappa shape index (κ3) is 3.11. The summed E-state index contributed by atoms with van der Waals surface area (Å²) in [4.78, 5) is 26.0. The van der Waals surface area contributed by atoms with Crippen LogP contribution in [0.3, 0.4) is 0 Å². The van der Waals surface area contributed by atoms with Gasteiger partial charge in [0, 0.05) is 45.4 Å². The summed E-state index contributed by atoms with van der Waals surface area (Å²) in [5.41, 5.74) is -0.803. The van der Waals surface area contributed by atoms with E-state index in [1.807, 2.05) is 0 Å². The van der Waals surface area contributed by atoms with Crippen molar-refractivity contribution in [2.75, 3.05) is 46.6 Å². The topological polar surface area (TPSA) is 88.1 Å². The normalized spacial score (nSPS) is 31.7. The molecule has 2 N–H and O–H groups in total. The first kappa shape index (κ1) is 17.5. The van der Waals surface area contributed by atoms with Crippen molar-refractivity contribution in [1.82, 2.24) is 10.2 Å². The van der Waals surface area contributed by atoms with Crippen LogP contribution in [0.15, 0.2) is 0 Å². The largest absolute Gasteiger partial charge is 0.481 e. The Balaban J connectivity index is 1.58. The molecule has 2 saturated heterocycles. The second-order valence-corrected chi connectivity index (χ2v) is 7.64. The molecule has 2 heterocycles. The van der Waals surface area contributed by atoms with Crippen LogP contribution in [0.25, 0.3) is 0 Å². The molecule has 2 atom stereocenters. The number of fused-ring (bicyclic) bond motifs is 1. The fraction of sp³-hybridized carbons (Fsp3) is 0.882. The fourth-order valence-corrected chi connectivity index (χ4v) is 4.65. The molecule has 0 aromatic rings. The number of hydrogen-bond acceptors (Lipinski definition) is 4. The van der Waals surface area contributed by atoms with E-state index in [1.165, 1.54) is 0 Å². The van der Waals surface area contributed by atoms with Gasteiger partial charge in [-0.25, -0.2) is 4.79 Å². The van der Waals surface area contributed by atoms with Crippen molar-refractivity contribution in [2.45, 2.75) is 32.1 Å². The zero-order valence-corrected chi connectivity index (χ0v) is 14.4. The van der Waals surface area contributed by atoms with Gasteiger partial charge in [0.05, 0.1) is 12.0 Å². The molecule has 1 aliphatic carbocycles. The van der Waals surface area contributed by atoms with E-state index >= 15 is 0 Å². The van der Waals surface area contributed by atoms with Gasteiger partial charge in [0.15, 0.2) is 0 Å². The molecule has 3 rings (SSSR count). The molecule has 24 heavy (non-hydrogen) atoms. The van der Waals surface area contributed by atoms with Crippen LogP contribution in [0.5, 0.6) is 0 Å². The Kier molecular flexibility index (Phi) is 5.01. The number of aliphatic carboxylic acids is 1. The first-order valence-corrected chi connectivity index (χ1v) is 8.84. The van der Waals surface area contributed by atoms with Crippen LogP contribution in [0.1, 0.15) is 32.1 Å². The highest BCUT2D eigenvalue weighted by Crippen LogP contribution is 2.48. The Bertz CT molecular complexity index is 486. The number of likely N-dealkylation sites (tertiary alicyclic amines) is 1. The van der Waals surface area contributed by atoms with E-state index in [0.29, 0.717) is 45.9 Å². The van der Waals surface area contributed by atoms with Gasteiger partial charge in [-0.05, 0) is 31.6 Å². The number of carbonyl (C=O) groups excluding carboxylic acids is 1. The quantitative estimate of drug-likeness (QED) is 0.788. The van der Waals surface area contributed by atoms with Crippen LogP contribution in [0.4, 0.5) is 4.79 Å². The minimum atomic E-state index is -0.749. The van der Waals surface area contributed by atoms with E-state index in [-0.39, 0.29) is 17.4 Å². The maximum atomic E-state index is 12.6. The number of urea groups is 1. The molecule has 3 fully saturated rings. The molecule has 2 amide bonds. The lowest BCUT2D eigenvalue weighted by atomic mass is 9.81. The zero-order valence-electron chi connectivity index (χ0n) is 14.4. The molecule has 7 heteroatoms. The van der Waals surface area contributed by atoms with Gasteiger partial charge >= 0.3 is 12.0 Å². The van der Waals surface area contributed by atoms with E-state index in [1.54, 1.807) is 12.0 Å². The van der Waals surface area contributed by atoms with E-state index in [9.17, 15) is 14.7 Å². The van der Waals surface area contributed by atoms with Gasteiger partial charge in [-0.1, -0.05) is 6.42 Å². The molecule has 7 nitrogen and oxygen atoms in total. The molecular weight excluding hydrogens is 312 g/mol. The molecule has 2 aliphatic heterocycles. The summed E-state index contributed by atoms with van der Waals surface area (Å²) in [5, 5.41) is 12.7. The third-order valence-electron chi connectivity index (χ3n) is 6.20. The molecule has 1 saturated carbocycles. The summed E-state index contributed by atoms with van der Waals surface area (Å²) < 4.78 is 10.8. The van der Waals surface area contributed by atoms with E-state index in [0.717, 1.165) is 25.7 Å².